The molecule has 0 atom stereocenters. The zero-order valence-electron chi connectivity index (χ0n) is 24.9. The fourth-order valence-electron chi connectivity index (χ4n) is 6.97. The molecule has 0 bridgehead atoms. The minimum atomic E-state index is 0.637. The second-order valence-corrected chi connectivity index (χ2v) is 11.7. The maximum Gasteiger partial charge on any atom is 0.189 e. The van der Waals surface area contributed by atoms with E-state index in [-0.39, 0.29) is 0 Å². The molecule has 0 spiro atoms. The zero-order valence-corrected chi connectivity index (χ0v) is 24.9. The first-order valence-corrected chi connectivity index (χ1v) is 15.5. The number of nitrogens with zero attached hydrogens (tertiary/aromatic N) is 3. The molecule has 9 rings (SSSR count). The van der Waals surface area contributed by atoms with Crippen LogP contribution in [0.4, 0.5) is 5.69 Å². The SMILES string of the molecule is [C-]#[N+]c1ccc2c3cc(-c4ccc(-n5c6ccccc6c6ccccc65)cc4)ccc3n(-c3ccc(-c4ccccc4)cc3)c2c1. The van der Waals surface area contributed by atoms with Crippen LogP contribution in [0.5, 0.6) is 0 Å². The van der Waals surface area contributed by atoms with E-state index < -0.39 is 0 Å². The van der Waals surface area contributed by atoms with Crippen LogP contribution >= 0.6 is 0 Å². The van der Waals surface area contributed by atoms with E-state index in [1.807, 2.05) is 18.2 Å². The Hall–Kier alpha value is -6.37. The average Bonchev–Trinajstić information content (AvgIpc) is 3.64. The van der Waals surface area contributed by atoms with Gasteiger partial charge < -0.3 is 9.13 Å². The van der Waals surface area contributed by atoms with Crippen LogP contribution in [-0.4, -0.2) is 9.13 Å². The summed E-state index contributed by atoms with van der Waals surface area (Å²) < 4.78 is 4.63. The van der Waals surface area contributed by atoms with Crippen molar-refractivity contribution in [3.8, 4) is 33.6 Å². The summed E-state index contributed by atoms with van der Waals surface area (Å²) in [6.07, 6.45) is 0. The Bertz CT molecular complexity index is 2560. The molecular formula is C43H27N3. The Kier molecular flexibility index (Phi) is 5.88. The Morgan fingerprint density at radius 3 is 1.46 bits per heavy atom. The summed E-state index contributed by atoms with van der Waals surface area (Å²) in [5, 5.41) is 4.83. The van der Waals surface area contributed by atoms with Crippen molar-refractivity contribution >= 4 is 49.3 Å². The predicted molar refractivity (Wildman–Crippen MR) is 192 cm³/mol. The van der Waals surface area contributed by atoms with Crippen LogP contribution in [0.25, 0.3) is 82.1 Å². The van der Waals surface area contributed by atoms with E-state index in [1.165, 1.54) is 38.3 Å². The van der Waals surface area contributed by atoms with Gasteiger partial charge in [-0.2, -0.15) is 0 Å². The highest BCUT2D eigenvalue weighted by Gasteiger charge is 2.15. The number of rotatable bonds is 4. The summed E-state index contributed by atoms with van der Waals surface area (Å²) in [4.78, 5) is 3.75. The lowest BCUT2D eigenvalue weighted by Crippen LogP contribution is -1.94. The number of hydrogen-bond acceptors (Lipinski definition) is 0. The van der Waals surface area contributed by atoms with Crippen molar-refractivity contribution in [1.29, 1.82) is 0 Å². The number of aromatic nitrogens is 2. The zero-order chi connectivity index (χ0) is 30.6. The molecule has 7 aromatic carbocycles. The first-order valence-electron chi connectivity index (χ1n) is 15.5. The third-order valence-corrected chi connectivity index (χ3v) is 9.15. The van der Waals surface area contributed by atoms with Gasteiger partial charge in [0, 0.05) is 38.4 Å². The van der Waals surface area contributed by atoms with Crippen molar-refractivity contribution in [1.82, 2.24) is 9.13 Å². The second kappa shape index (κ2) is 10.4. The van der Waals surface area contributed by atoms with Gasteiger partial charge in [0.05, 0.1) is 23.1 Å². The molecule has 0 N–H and O–H groups in total. The van der Waals surface area contributed by atoms with Crippen molar-refractivity contribution in [3.05, 3.63) is 175 Å². The first kappa shape index (κ1) is 26.1. The summed E-state index contributed by atoms with van der Waals surface area (Å²) in [6.45, 7) is 7.67. The Labute approximate surface area is 266 Å². The summed E-state index contributed by atoms with van der Waals surface area (Å²) >= 11 is 0. The molecule has 0 aliphatic carbocycles. The van der Waals surface area contributed by atoms with Gasteiger partial charge in [0.2, 0.25) is 0 Å². The molecule has 9 aromatic rings. The van der Waals surface area contributed by atoms with E-state index in [9.17, 15) is 0 Å². The number of benzene rings is 7. The first-order chi connectivity index (χ1) is 22.8. The predicted octanol–water partition coefficient (Wildman–Crippen LogP) is 11.8. The lowest BCUT2D eigenvalue weighted by molar-refractivity contribution is 1.18. The molecule has 0 fully saturated rings. The van der Waals surface area contributed by atoms with Gasteiger partial charge in [-0.1, -0.05) is 109 Å². The third-order valence-electron chi connectivity index (χ3n) is 9.15. The molecule has 2 heterocycles. The van der Waals surface area contributed by atoms with Crippen molar-refractivity contribution in [2.75, 3.05) is 0 Å². The van der Waals surface area contributed by atoms with E-state index in [0.717, 1.165) is 38.9 Å². The largest absolute Gasteiger partial charge is 0.311 e. The topological polar surface area (TPSA) is 14.2 Å². The number of para-hydroxylation sites is 2. The molecule has 0 saturated heterocycles. The van der Waals surface area contributed by atoms with E-state index in [2.05, 4.69) is 160 Å². The van der Waals surface area contributed by atoms with Gasteiger partial charge in [0.1, 0.15) is 0 Å². The van der Waals surface area contributed by atoms with Crippen molar-refractivity contribution < 1.29 is 0 Å². The quantitative estimate of drug-likeness (QED) is 0.182. The molecule has 46 heavy (non-hydrogen) atoms. The van der Waals surface area contributed by atoms with Gasteiger partial charge >= 0.3 is 0 Å². The van der Waals surface area contributed by atoms with Gasteiger partial charge in [0.15, 0.2) is 5.69 Å². The van der Waals surface area contributed by atoms with Crippen LogP contribution in [0.3, 0.4) is 0 Å². The average molecular weight is 586 g/mol. The maximum atomic E-state index is 7.67. The number of hydrogen-bond donors (Lipinski definition) is 0. The van der Waals surface area contributed by atoms with E-state index >= 15 is 0 Å². The minimum absolute atomic E-state index is 0.637. The lowest BCUT2D eigenvalue weighted by atomic mass is 10.0. The third kappa shape index (κ3) is 4.05. The molecule has 0 unspecified atom stereocenters. The fourth-order valence-corrected chi connectivity index (χ4v) is 6.97. The number of fused-ring (bicyclic) bond motifs is 6. The maximum absolute atomic E-state index is 7.67. The van der Waals surface area contributed by atoms with Gasteiger partial charge in [-0.25, -0.2) is 4.85 Å². The minimum Gasteiger partial charge on any atom is -0.311 e. The Balaban J connectivity index is 1.16. The van der Waals surface area contributed by atoms with E-state index in [1.54, 1.807) is 0 Å². The summed E-state index contributed by atoms with van der Waals surface area (Å²) in [5.74, 6) is 0. The van der Waals surface area contributed by atoms with Crippen LogP contribution < -0.4 is 0 Å². The van der Waals surface area contributed by atoms with E-state index in [0.29, 0.717) is 5.69 Å². The molecule has 0 aliphatic heterocycles. The van der Waals surface area contributed by atoms with Crippen molar-refractivity contribution in [3.63, 3.8) is 0 Å². The highest BCUT2D eigenvalue weighted by atomic mass is 15.0. The second-order valence-electron chi connectivity index (χ2n) is 11.7. The van der Waals surface area contributed by atoms with Crippen LogP contribution in [-0.2, 0) is 0 Å². The molecule has 0 saturated carbocycles. The van der Waals surface area contributed by atoms with Gasteiger partial charge in [-0.15, -0.1) is 0 Å². The monoisotopic (exact) mass is 585 g/mol. The standard InChI is InChI=1S/C43H27N3/c1-44-33-20-25-38-39-27-32(19-26-42(39)46(43(38)28-33)35-21-15-30(16-22-35)29-9-3-2-4-10-29)31-17-23-34(24-18-31)45-40-13-7-5-11-36(40)37-12-6-8-14-41(37)45/h2-28H. The highest BCUT2D eigenvalue weighted by Crippen LogP contribution is 2.38. The fraction of sp³-hybridized carbons (Fsp3) is 0. The molecule has 2 aromatic heterocycles. The van der Waals surface area contributed by atoms with Crippen molar-refractivity contribution in [2.24, 2.45) is 0 Å². The van der Waals surface area contributed by atoms with Crippen LogP contribution in [0.15, 0.2) is 164 Å². The van der Waals surface area contributed by atoms with Gasteiger partial charge in [0.25, 0.3) is 0 Å². The van der Waals surface area contributed by atoms with Gasteiger partial charge in [-0.05, 0) is 76.9 Å². The molecule has 3 heteroatoms. The lowest BCUT2D eigenvalue weighted by Gasteiger charge is -2.11. The highest BCUT2D eigenvalue weighted by molar-refractivity contribution is 6.11. The van der Waals surface area contributed by atoms with Crippen molar-refractivity contribution in [2.45, 2.75) is 0 Å². The molecule has 0 amide bonds. The molecule has 0 aliphatic rings. The smallest absolute Gasteiger partial charge is 0.189 e. The molecule has 3 nitrogen and oxygen atoms in total. The normalized spacial score (nSPS) is 11.5. The summed E-state index contributed by atoms with van der Waals surface area (Å²) in [7, 11) is 0. The van der Waals surface area contributed by atoms with Gasteiger partial charge in [-0.3, -0.25) is 0 Å². The Morgan fingerprint density at radius 1 is 0.348 bits per heavy atom. The van der Waals surface area contributed by atoms with Crippen LogP contribution in [0, 0.1) is 6.57 Å². The molecule has 0 radical (unpaired) electrons. The van der Waals surface area contributed by atoms with Crippen LogP contribution in [0.2, 0.25) is 0 Å². The Morgan fingerprint density at radius 2 is 0.826 bits per heavy atom. The molecule has 214 valence electrons. The summed E-state index contributed by atoms with van der Waals surface area (Å²) in [5.41, 5.74) is 12.1. The van der Waals surface area contributed by atoms with E-state index in [4.69, 9.17) is 6.57 Å². The molecular weight excluding hydrogens is 558 g/mol. The summed E-state index contributed by atoms with van der Waals surface area (Å²) in [6, 6.07) is 58.0. The van der Waals surface area contributed by atoms with Crippen LogP contribution in [0.1, 0.15) is 0 Å².